The first kappa shape index (κ1) is 18.5. The molecule has 6 heteroatoms. The summed E-state index contributed by atoms with van der Waals surface area (Å²) in [5, 5.41) is 7.28. The first-order valence-electron chi connectivity index (χ1n) is 9.24. The lowest BCUT2D eigenvalue weighted by molar-refractivity contribution is 0.0723. The highest BCUT2D eigenvalue weighted by molar-refractivity contribution is 6.31. The van der Waals surface area contributed by atoms with Crippen LogP contribution in [0.4, 0.5) is 4.79 Å². The molecule has 2 fully saturated rings. The van der Waals surface area contributed by atoms with Crippen molar-refractivity contribution in [3.8, 4) is 0 Å². The van der Waals surface area contributed by atoms with Crippen molar-refractivity contribution in [3.63, 3.8) is 0 Å². The summed E-state index contributed by atoms with van der Waals surface area (Å²) in [7, 11) is 2.21. The quantitative estimate of drug-likeness (QED) is 0.848. The average molecular weight is 365 g/mol. The van der Waals surface area contributed by atoms with Crippen LogP contribution in [0.5, 0.6) is 0 Å². The molecule has 5 nitrogen and oxygen atoms in total. The van der Waals surface area contributed by atoms with Crippen LogP contribution < -0.4 is 10.6 Å². The molecule has 0 aromatic heterocycles. The van der Waals surface area contributed by atoms with Gasteiger partial charge in [-0.2, -0.15) is 0 Å². The van der Waals surface area contributed by atoms with Crippen molar-refractivity contribution in [1.29, 1.82) is 0 Å². The second kappa shape index (κ2) is 7.94. The molecule has 0 unspecified atom stereocenters. The Morgan fingerprint density at radius 2 is 2.00 bits per heavy atom. The summed E-state index contributed by atoms with van der Waals surface area (Å²) in [6.07, 6.45) is 3.19. The van der Waals surface area contributed by atoms with E-state index in [-0.39, 0.29) is 17.6 Å². The monoisotopic (exact) mass is 364 g/mol. The Hall–Kier alpha value is -1.30. The Labute approximate surface area is 155 Å². The molecule has 3 rings (SSSR count). The molecular weight excluding hydrogens is 336 g/mol. The van der Waals surface area contributed by atoms with Gasteiger partial charge in [0.2, 0.25) is 0 Å². The third kappa shape index (κ3) is 4.10. The number of amides is 2. The predicted molar refractivity (Wildman–Crippen MR) is 102 cm³/mol. The van der Waals surface area contributed by atoms with Crippen molar-refractivity contribution in [2.24, 2.45) is 0 Å². The number of carbonyl (C=O) groups excluding carboxylic acids is 1. The first-order valence-corrected chi connectivity index (χ1v) is 9.61. The number of nitrogens with zero attached hydrogens (tertiary/aromatic N) is 2. The van der Waals surface area contributed by atoms with Gasteiger partial charge in [0.25, 0.3) is 0 Å². The molecule has 1 spiro atoms. The van der Waals surface area contributed by atoms with Gasteiger partial charge in [-0.15, -0.1) is 0 Å². The van der Waals surface area contributed by atoms with Crippen LogP contribution >= 0.6 is 11.6 Å². The van der Waals surface area contributed by atoms with Crippen LogP contribution in [0.15, 0.2) is 24.3 Å². The van der Waals surface area contributed by atoms with Gasteiger partial charge in [-0.1, -0.05) is 29.8 Å². The molecule has 1 atom stereocenters. The van der Waals surface area contributed by atoms with Gasteiger partial charge in [0, 0.05) is 30.2 Å². The highest BCUT2D eigenvalue weighted by Gasteiger charge is 2.40. The minimum atomic E-state index is -0.105. The van der Waals surface area contributed by atoms with E-state index in [2.05, 4.69) is 22.6 Å². The smallest absolute Gasteiger partial charge is 0.317 e. The lowest BCUT2D eigenvalue weighted by atomic mass is 9.86. The molecule has 2 amide bonds. The number of carbonyl (C=O) groups is 1. The highest BCUT2D eigenvalue weighted by Crippen LogP contribution is 2.29. The Morgan fingerprint density at radius 1 is 1.28 bits per heavy atom. The highest BCUT2D eigenvalue weighted by atomic mass is 35.5. The number of urea groups is 1. The van der Waals surface area contributed by atoms with E-state index in [4.69, 9.17) is 11.6 Å². The topological polar surface area (TPSA) is 47.6 Å². The largest absolute Gasteiger partial charge is 0.331 e. The summed E-state index contributed by atoms with van der Waals surface area (Å²) in [5.74, 6) is 0. The van der Waals surface area contributed by atoms with Crippen molar-refractivity contribution in [2.45, 2.75) is 37.8 Å². The fourth-order valence-corrected chi connectivity index (χ4v) is 4.38. The van der Waals surface area contributed by atoms with Gasteiger partial charge in [0.15, 0.2) is 0 Å². The van der Waals surface area contributed by atoms with E-state index in [0.717, 1.165) is 57.5 Å². The average Bonchev–Trinajstić information content (AvgIpc) is 2.76. The molecule has 2 N–H and O–H groups in total. The summed E-state index contributed by atoms with van der Waals surface area (Å²) >= 11 is 6.27. The molecule has 1 aromatic rings. The lowest BCUT2D eigenvalue weighted by Gasteiger charge is -2.45. The molecule has 0 radical (unpaired) electrons. The molecule has 138 valence electrons. The minimum absolute atomic E-state index is 0.0145. The molecule has 0 bridgehead atoms. The van der Waals surface area contributed by atoms with Gasteiger partial charge in [0.1, 0.15) is 0 Å². The molecule has 2 saturated heterocycles. The summed E-state index contributed by atoms with van der Waals surface area (Å²) in [5.41, 5.74) is 1.06. The van der Waals surface area contributed by atoms with Crippen molar-refractivity contribution >= 4 is 17.6 Å². The van der Waals surface area contributed by atoms with Gasteiger partial charge >= 0.3 is 6.03 Å². The van der Waals surface area contributed by atoms with Crippen LogP contribution in [0.25, 0.3) is 0 Å². The van der Waals surface area contributed by atoms with Gasteiger partial charge in [-0.3, -0.25) is 4.90 Å². The van der Waals surface area contributed by atoms with Crippen LogP contribution in [-0.4, -0.2) is 61.1 Å². The lowest BCUT2D eigenvalue weighted by Crippen LogP contribution is -2.59. The second-order valence-electron chi connectivity index (χ2n) is 7.36. The van der Waals surface area contributed by atoms with Gasteiger partial charge in [0.05, 0.1) is 6.04 Å². The number of halogens is 1. The maximum absolute atomic E-state index is 12.9. The van der Waals surface area contributed by atoms with Crippen LogP contribution in [-0.2, 0) is 0 Å². The van der Waals surface area contributed by atoms with Crippen molar-refractivity contribution < 1.29 is 4.79 Å². The number of nitrogens with one attached hydrogen (secondary N) is 2. The van der Waals surface area contributed by atoms with Crippen molar-refractivity contribution in [3.05, 3.63) is 34.9 Å². The molecule has 25 heavy (non-hydrogen) atoms. The van der Waals surface area contributed by atoms with Crippen LogP contribution in [0, 0.1) is 0 Å². The Balaban J connectivity index is 1.69. The van der Waals surface area contributed by atoms with Gasteiger partial charge in [-0.05, 0) is 58.0 Å². The van der Waals surface area contributed by atoms with E-state index < -0.39 is 0 Å². The molecule has 1 aromatic carbocycles. The molecule has 2 aliphatic rings. The zero-order valence-corrected chi connectivity index (χ0v) is 16.0. The van der Waals surface area contributed by atoms with Crippen molar-refractivity contribution in [1.82, 2.24) is 20.4 Å². The molecular formula is C19H29ClN4O. The summed E-state index contributed by atoms with van der Waals surface area (Å²) in [4.78, 5) is 17.4. The van der Waals surface area contributed by atoms with Gasteiger partial charge < -0.3 is 15.5 Å². The van der Waals surface area contributed by atoms with Crippen LogP contribution in [0.3, 0.4) is 0 Å². The maximum Gasteiger partial charge on any atom is 0.317 e. The molecule has 0 aliphatic carbocycles. The normalized spacial score (nSPS) is 22.4. The van der Waals surface area contributed by atoms with E-state index in [1.807, 2.05) is 36.1 Å². The number of benzene rings is 1. The molecule has 2 aliphatic heterocycles. The zero-order chi connectivity index (χ0) is 17.9. The molecule has 0 saturated carbocycles. The fraction of sp³-hybridized carbons (Fsp3) is 0.632. The number of piperidine rings is 1. The molecule has 2 heterocycles. The zero-order valence-electron chi connectivity index (χ0n) is 15.2. The van der Waals surface area contributed by atoms with Crippen LogP contribution in [0.1, 0.15) is 37.8 Å². The predicted octanol–water partition coefficient (Wildman–Crippen LogP) is 2.87. The van der Waals surface area contributed by atoms with Crippen LogP contribution in [0.2, 0.25) is 5.02 Å². The number of hydrogen-bond donors (Lipinski definition) is 2. The Morgan fingerprint density at radius 3 is 2.72 bits per heavy atom. The standard InChI is InChI=1S/C19H29ClN4O/c1-15(16-6-3-4-7-17(16)20)22-18(25)24-13-5-12-23(2)19(14-24)8-10-21-11-9-19/h3-4,6-7,15,21H,5,8-14H2,1-2H3,(H,22,25)/t15-/m1/s1. The third-order valence-corrected chi connectivity index (χ3v) is 6.09. The summed E-state index contributed by atoms with van der Waals surface area (Å²) < 4.78 is 0. The van der Waals surface area contributed by atoms with E-state index >= 15 is 0 Å². The van der Waals surface area contributed by atoms with E-state index in [1.165, 1.54) is 0 Å². The maximum atomic E-state index is 12.9. The summed E-state index contributed by atoms with van der Waals surface area (Å²) in [6, 6.07) is 7.61. The minimum Gasteiger partial charge on any atom is -0.331 e. The third-order valence-electron chi connectivity index (χ3n) is 5.75. The van der Waals surface area contributed by atoms with Gasteiger partial charge in [-0.25, -0.2) is 4.79 Å². The SMILES string of the molecule is C[C@@H](NC(=O)N1CCCN(C)C2(CCNCC2)C1)c1ccccc1Cl. The first-order chi connectivity index (χ1) is 12.0. The van der Waals surface area contributed by atoms with E-state index in [1.54, 1.807) is 0 Å². The second-order valence-corrected chi connectivity index (χ2v) is 7.77. The number of hydrogen-bond acceptors (Lipinski definition) is 3. The van der Waals surface area contributed by atoms with E-state index in [0.29, 0.717) is 5.02 Å². The Bertz CT molecular complexity index is 603. The fourth-order valence-electron chi connectivity index (χ4n) is 4.08. The van der Waals surface area contributed by atoms with Crippen molar-refractivity contribution in [2.75, 3.05) is 39.8 Å². The summed E-state index contributed by atoms with van der Waals surface area (Å²) in [6.45, 7) is 6.69. The van der Waals surface area contributed by atoms with E-state index in [9.17, 15) is 4.79 Å². The number of likely N-dealkylation sites (N-methyl/N-ethyl adjacent to an activating group) is 1. The Kier molecular flexibility index (Phi) is 5.87. The number of rotatable bonds is 2.